The summed E-state index contributed by atoms with van der Waals surface area (Å²) in [5.74, 6) is 14.0. The molecular weight excluding hydrogens is 791 g/mol. The van der Waals surface area contributed by atoms with Crippen LogP contribution in [0.2, 0.25) is 0 Å². The number of nitrogens with zero attached hydrogens (tertiary/aromatic N) is 1. The molecule has 2 spiro atoms. The molecule has 0 amide bonds. The number of nitrogens with one attached hydrogen (secondary N) is 2. The number of likely N-dealkylation sites (tertiary alicyclic amines) is 1. The van der Waals surface area contributed by atoms with Crippen molar-refractivity contribution in [2.45, 2.75) is 248 Å². The highest BCUT2D eigenvalue weighted by Gasteiger charge is 2.64. The fourth-order valence-electron chi connectivity index (χ4n) is 24.9. The lowest BCUT2D eigenvalue weighted by molar-refractivity contribution is -0.125. The van der Waals surface area contributed by atoms with E-state index in [1.54, 1.807) is 109 Å². The van der Waals surface area contributed by atoms with E-state index >= 15 is 0 Å². The van der Waals surface area contributed by atoms with Crippen molar-refractivity contribution in [1.82, 2.24) is 15.5 Å². The molecule has 20 aliphatic rings. The van der Waals surface area contributed by atoms with Crippen LogP contribution in [0.5, 0.6) is 0 Å². The maximum absolute atomic E-state index is 6.96. The van der Waals surface area contributed by atoms with Gasteiger partial charge in [-0.15, -0.1) is 0 Å². The molecule has 17 aliphatic carbocycles. The Morgan fingerprint density at radius 1 is 0.492 bits per heavy atom. The molecular formula is C60H101N5. The molecule has 4 atom stereocenters. The van der Waals surface area contributed by atoms with Crippen molar-refractivity contribution >= 4 is 0 Å². The van der Waals surface area contributed by atoms with Crippen molar-refractivity contribution in [3.05, 3.63) is 0 Å². The SMILES string of the molecule is C1CCC(C23CC4CC(CC(C4)C2)C3)NC1.CC12CC3CC(CC(C3)C13CCCN3)C2.NC1(C23CC4CC(CC(C4)C2)C3)CCCCC1.NCCN1CCCC12C1CC3CC(C1)CC2C3. The van der Waals surface area contributed by atoms with Gasteiger partial charge < -0.3 is 22.1 Å². The molecule has 65 heavy (non-hydrogen) atoms. The Kier molecular flexibility index (Phi) is 11.7. The van der Waals surface area contributed by atoms with Crippen LogP contribution < -0.4 is 22.1 Å². The first-order chi connectivity index (χ1) is 31.6. The van der Waals surface area contributed by atoms with Crippen LogP contribution >= 0.6 is 0 Å². The molecule has 5 nitrogen and oxygen atoms in total. The maximum atomic E-state index is 6.96. The predicted molar refractivity (Wildman–Crippen MR) is 268 cm³/mol. The number of hydrogen-bond acceptors (Lipinski definition) is 5. The van der Waals surface area contributed by atoms with Gasteiger partial charge in [-0.1, -0.05) is 32.6 Å². The molecule has 0 aromatic carbocycles. The summed E-state index contributed by atoms with van der Waals surface area (Å²) in [4.78, 5) is 2.82. The third-order valence-corrected chi connectivity index (χ3v) is 25.9. The molecule has 3 saturated heterocycles. The van der Waals surface area contributed by atoms with Crippen LogP contribution in [-0.4, -0.2) is 60.3 Å². The average molecular weight is 893 g/mol. The van der Waals surface area contributed by atoms with Gasteiger partial charge in [0, 0.05) is 35.7 Å². The Hall–Kier alpha value is -0.200. The van der Waals surface area contributed by atoms with Crippen LogP contribution in [0.25, 0.3) is 0 Å². The molecule has 3 aliphatic heterocycles. The monoisotopic (exact) mass is 892 g/mol. The molecule has 366 valence electrons. The lowest BCUT2D eigenvalue weighted by atomic mass is 9.42. The van der Waals surface area contributed by atoms with Crippen molar-refractivity contribution in [1.29, 1.82) is 0 Å². The molecule has 0 aromatic heterocycles. The summed E-state index contributed by atoms with van der Waals surface area (Å²) in [5, 5.41) is 7.83. The maximum Gasteiger partial charge on any atom is 0.0267 e. The first-order valence-electron chi connectivity index (χ1n) is 30.3. The minimum Gasteiger partial charge on any atom is -0.329 e. The van der Waals surface area contributed by atoms with Gasteiger partial charge in [0.2, 0.25) is 0 Å². The summed E-state index contributed by atoms with van der Waals surface area (Å²) in [6.45, 7) is 8.54. The third kappa shape index (κ3) is 7.45. The Morgan fingerprint density at radius 3 is 1.51 bits per heavy atom. The van der Waals surface area contributed by atoms with E-state index in [0.29, 0.717) is 21.9 Å². The molecule has 17 saturated carbocycles. The first kappa shape index (κ1) is 44.7. The fraction of sp³-hybridized carbons (Fsp3) is 1.00. The van der Waals surface area contributed by atoms with Gasteiger partial charge in [0.15, 0.2) is 0 Å². The van der Waals surface area contributed by atoms with Crippen LogP contribution in [-0.2, 0) is 0 Å². The van der Waals surface area contributed by atoms with Crippen LogP contribution in [0.4, 0.5) is 0 Å². The second-order valence-electron chi connectivity index (χ2n) is 29.5. The van der Waals surface area contributed by atoms with Gasteiger partial charge in [0.05, 0.1) is 0 Å². The summed E-state index contributed by atoms with van der Waals surface area (Å²) in [7, 11) is 0. The van der Waals surface area contributed by atoms with Gasteiger partial charge in [0.25, 0.3) is 0 Å². The van der Waals surface area contributed by atoms with Crippen LogP contribution in [0.15, 0.2) is 0 Å². The van der Waals surface area contributed by atoms with E-state index in [-0.39, 0.29) is 5.54 Å². The van der Waals surface area contributed by atoms with Crippen molar-refractivity contribution in [2.75, 3.05) is 32.7 Å². The summed E-state index contributed by atoms with van der Waals surface area (Å²) in [6.07, 6.45) is 51.3. The first-order valence-corrected chi connectivity index (χ1v) is 30.3. The van der Waals surface area contributed by atoms with E-state index in [1.807, 2.05) is 0 Å². The molecule has 0 aromatic rings. The van der Waals surface area contributed by atoms with Crippen LogP contribution in [0.1, 0.15) is 225 Å². The van der Waals surface area contributed by atoms with Crippen molar-refractivity contribution in [3.63, 3.8) is 0 Å². The molecule has 20 rings (SSSR count). The fourth-order valence-corrected chi connectivity index (χ4v) is 24.9. The topological polar surface area (TPSA) is 79.3 Å². The lowest BCUT2D eigenvalue weighted by Crippen LogP contribution is -2.67. The number of rotatable bonds is 4. The van der Waals surface area contributed by atoms with E-state index in [2.05, 4.69) is 22.5 Å². The Bertz CT molecular complexity index is 1570. The highest BCUT2D eigenvalue weighted by atomic mass is 15.2. The quantitative estimate of drug-likeness (QED) is 0.226. The normalized spacial score (nSPS) is 55.2. The largest absolute Gasteiger partial charge is 0.329 e. The Labute approximate surface area is 399 Å². The van der Waals surface area contributed by atoms with Gasteiger partial charge in [-0.2, -0.15) is 0 Å². The average Bonchev–Trinajstić information content (AvgIpc) is 3.95. The number of nitrogens with two attached hydrogens (primary N) is 2. The lowest BCUT2D eigenvalue weighted by Gasteiger charge is -2.66. The molecule has 16 bridgehead atoms. The zero-order valence-corrected chi connectivity index (χ0v) is 42.3. The van der Waals surface area contributed by atoms with E-state index in [1.165, 1.54) is 129 Å². The highest BCUT2D eigenvalue weighted by molar-refractivity contribution is 5.19. The van der Waals surface area contributed by atoms with Crippen LogP contribution in [0.3, 0.4) is 0 Å². The van der Waals surface area contributed by atoms with Gasteiger partial charge >= 0.3 is 0 Å². The van der Waals surface area contributed by atoms with E-state index in [0.717, 1.165) is 101 Å². The van der Waals surface area contributed by atoms with Gasteiger partial charge in [-0.25, -0.2) is 0 Å². The second kappa shape index (κ2) is 17.0. The van der Waals surface area contributed by atoms with Crippen molar-refractivity contribution in [3.8, 4) is 0 Å². The van der Waals surface area contributed by atoms with E-state index in [9.17, 15) is 0 Å². The van der Waals surface area contributed by atoms with Gasteiger partial charge in [-0.05, 0) is 305 Å². The van der Waals surface area contributed by atoms with Gasteiger partial charge in [0.1, 0.15) is 0 Å². The Morgan fingerprint density at radius 2 is 1.02 bits per heavy atom. The third-order valence-electron chi connectivity index (χ3n) is 25.9. The van der Waals surface area contributed by atoms with E-state index < -0.39 is 0 Å². The predicted octanol–water partition coefficient (Wildman–Crippen LogP) is 12.4. The number of piperidine rings is 1. The Balaban J connectivity index is 0.0000000870. The molecule has 4 unspecified atom stereocenters. The number of hydrogen-bond donors (Lipinski definition) is 4. The summed E-state index contributed by atoms with van der Waals surface area (Å²) < 4.78 is 0. The van der Waals surface area contributed by atoms with Crippen LogP contribution in [0, 0.1) is 93.2 Å². The molecule has 6 N–H and O–H groups in total. The van der Waals surface area contributed by atoms with Crippen molar-refractivity contribution < 1.29 is 0 Å². The standard InChI is InChI=1S/C16H27N.C15H26N2.C15H25N.C14H23N/c17-16(4-2-1-3-5-16)15-9-12-6-13(10-15)8-14(7-12)11-15;16-3-5-17-4-1-2-15(17)13-7-11-6-12(9-13)10-14(15)8-11;1-2-4-16-14(3-1)15-8-11-5-12(9-15)7-13(6-11)10-15;1-13-8-10-5-11(9-13)7-12(6-10)14(13)3-2-4-15-14/h12-14H,1-11,17H2;11-14H,1-10,16H2;11-14,16H,1-10H2;10-12,15H,2-9H2,1H3. The molecule has 3 heterocycles. The smallest absolute Gasteiger partial charge is 0.0267 e. The minimum absolute atomic E-state index is 0.237. The van der Waals surface area contributed by atoms with E-state index in [4.69, 9.17) is 11.5 Å². The summed E-state index contributed by atoms with van der Waals surface area (Å²) in [5.41, 5.74) is 16.2. The molecule has 20 fully saturated rings. The zero-order chi connectivity index (χ0) is 43.7. The summed E-state index contributed by atoms with van der Waals surface area (Å²) >= 11 is 0. The summed E-state index contributed by atoms with van der Waals surface area (Å²) in [6, 6.07) is 0.898. The zero-order valence-electron chi connectivity index (χ0n) is 42.3. The van der Waals surface area contributed by atoms with Gasteiger partial charge in [-0.3, -0.25) is 4.90 Å². The highest BCUT2D eigenvalue weighted by Crippen LogP contribution is 2.68. The molecule has 5 heteroatoms. The second-order valence-corrected chi connectivity index (χ2v) is 29.5. The minimum atomic E-state index is 0.237. The molecule has 0 radical (unpaired) electrons. The van der Waals surface area contributed by atoms with Crippen molar-refractivity contribution in [2.24, 2.45) is 105 Å².